The van der Waals surface area contributed by atoms with Crippen molar-refractivity contribution in [3.8, 4) is 0 Å². The molecular weight excluding hydrogens is 505 g/mol. The highest BCUT2D eigenvalue weighted by Gasteiger charge is 2.60. The van der Waals surface area contributed by atoms with E-state index in [1.54, 1.807) is 4.90 Å². The number of nitrogens with one attached hydrogen (secondary N) is 1. The van der Waals surface area contributed by atoms with Crippen LogP contribution in [0.4, 0.5) is 23.7 Å². The van der Waals surface area contributed by atoms with Gasteiger partial charge in [-0.25, -0.2) is 4.79 Å². The maximum absolute atomic E-state index is 13.0. The first-order valence-electron chi connectivity index (χ1n) is 13.2. The van der Waals surface area contributed by atoms with E-state index in [0.29, 0.717) is 38.6 Å². The molecule has 212 valence electrons. The fourth-order valence-electron chi connectivity index (χ4n) is 7.12. The lowest BCUT2D eigenvalue weighted by Gasteiger charge is -2.60. The Morgan fingerprint density at radius 2 is 1.89 bits per heavy atom. The van der Waals surface area contributed by atoms with E-state index in [1.165, 1.54) is 12.1 Å². The molecule has 2 aliphatic carbocycles. The average Bonchev–Trinajstić information content (AvgIpc) is 3.29. The Morgan fingerprint density at radius 1 is 1.16 bits per heavy atom. The van der Waals surface area contributed by atoms with Crippen LogP contribution in [0.1, 0.15) is 57.9 Å². The van der Waals surface area contributed by atoms with Gasteiger partial charge in [-0.05, 0) is 67.6 Å². The molecule has 1 saturated heterocycles. The van der Waals surface area contributed by atoms with Crippen molar-refractivity contribution in [2.24, 2.45) is 22.7 Å². The molecule has 3 aliphatic rings. The number of halogens is 3. The largest absolute Gasteiger partial charge is 0.445 e. The van der Waals surface area contributed by atoms with E-state index in [9.17, 15) is 38.1 Å². The van der Waals surface area contributed by atoms with E-state index < -0.39 is 47.0 Å². The third kappa shape index (κ3) is 5.51. The van der Waals surface area contributed by atoms with Gasteiger partial charge in [0.25, 0.3) is 0 Å². The SMILES string of the molecule is C[C@]1(CO)[C@@H]2CC[C@@H](O)[C@@H](CC(=O)N3CC[C@@H](O)C3)[C@]2(C)CC[C@H]1OC(=O)Nc1cccc(C(F)(F)F)c1. The molecule has 1 aromatic carbocycles. The second kappa shape index (κ2) is 10.7. The number of carbonyl (C=O) groups excluding carboxylic acids is 2. The predicted octanol–water partition coefficient (Wildman–Crippen LogP) is 3.79. The van der Waals surface area contributed by atoms with Crippen LogP contribution in [-0.4, -0.2) is 70.2 Å². The summed E-state index contributed by atoms with van der Waals surface area (Å²) in [6, 6.07) is 4.27. The van der Waals surface area contributed by atoms with E-state index in [-0.39, 0.29) is 43.0 Å². The number of aliphatic hydroxyl groups excluding tert-OH is 3. The number of benzene rings is 1. The number of β-amino-alcohol motifs (C(OH)–C–C–N with tert-alkyl or cyclic N) is 1. The zero-order valence-electron chi connectivity index (χ0n) is 21.7. The summed E-state index contributed by atoms with van der Waals surface area (Å²) in [5.41, 5.74) is -2.35. The van der Waals surface area contributed by atoms with Gasteiger partial charge in [-0.3, -0.25) is 10.1 Å². The molecule has 1 aromatic rings. The zero-order chi connectivity index (χ0) is 27.9. The van der Waals surface area contributed by atoms with Gasteiger partial charge >= 0.3 is 12.3 Å². The molecule has 11 heteroatoms. The zero-order valence-corrected chi connectivity index (χ0v) is 21.7. The predicted molar refractivity (Wildman–Crippen MR) is 132 cm³/mol. The van der Waals surface area contributed by atoms with Crippen LogP contribution in [0.3, 0.4) is 0 Å². The molecule has 1 aliphatic heterocycles. The standard InChI is InChI=1S/C27H37F3N2O6/c1-25-10-8-22(38-24(37)31-17-5-3-4-16(12-17)27(28,29)30)26(2,15-33)21(25)7-6-20(35)19(25)13-23(36)32-11-9-18(34)14-32/h3-5,12,18-22,33-35H,6-11,13-15H2,1-2H3,(H,31,37)/t18-,19-,20-,21-,22-,25+,26+/m1/s1. The van der Waals surface area contributed by atoms with Crippen LogP contribution in [-0.2, 0) is 15.7 Å². The van der Waals surface area contributed by atoms with E-state index in [1.807, 2.05) is 13.8 Å². The number of rotatable bonds is 5. The van der Waals surface area contributed by atoms with Crippen molar-refractivity contribution in [3.05, 3.63) is 29.8 Å². The molecule has 1 heterocycles. The molecule has 3 fully saturated rings. The second-order valence-electron chi connectivity index (χ2n) is 11.6. The Bertz CT molecular complexity index is 1040. The van der Waals surface area contributed by atoms with Crippen LogP contribution in [0, 0.1) is 22.7 Å². The molecule has 0 aromatic heterocycles. The highest BCUT2D eigenvalue weighted by atomic mass is 19.4. The van der Waals surface area contributed by atoms with Crippen molar-refractivity contribution in [1.29, 1.82) is 0 Å². The number of hydrogen-bond donors (Lipinski definition) is 4. The highest BCUT2D eigenvalue weighted by Crippen LogP contribution is 2.61. The quantitative estimate of drug-likeness (QED) is 0.450. The number of fused-ring (bicyclic) bond motifs is 1. The number of likely N-dealkylation sites (tertiary alicyclic amines) is 1. The average molecular weight is 543 g/mol. The normalized spacial score (nSPS) is 35.5. The Balaban J connectivity index is 1.48. The molecule has 8 nitrogen and oxygen atoms in total. The van der Waals surface area contributed by atoms with Crippen molar-refractivity contribution in [2.45, 2.75) is 76.9 Å². The fraction of sp³-hybridized carbons (Fsp3) is 0.704. The summed E-state index contributed by atoms with van der Waals surface area (Å²) in [6.45, 7) is 4.31. The molecule has 38 heavy (non-hydrogen) atoms. The Hall–Kier alpha value is -2.37. The van der Waals surface area contributed by atoms with Crippen LogP contribution >= 0.6 is 0 Å². The fourth-order valence-corrected chi connectivity index (χ4v) is 7.12. The van der Waals surface area contributed by atoms with Gasteiger partial charge in [0.1, 0.15) is 6.10 Å². The lowest BCUT2D eigenvalue weighted by atomic mass is 9.46. The number of hydrogen-bond acceptors (Lipinski definition) is 6. The summed E-state index contributed by atoms with van der Waals surface area (Å²) < 4.78 is 44.8. The maximum atomic E-state index is 13.0. The summed E-state index contributed by atoms with van der Waals surface area (Å²) in [5, 5.41) is 33.7. The number of aliphatic hydroxyl groups is 3. The van der Waals surface area contributed by atoms with Crippen molar-refractivity contribution in [3.63, 3.8) is 0 Å². The van der Waals surface area contributed by atoms with Gasteiger partial charge in [-0.2, -0.15) is 13.2 Å². The molecule has 4 rings (SSSR count). The number of nitrogens with zero attached hydrogens (tertiary/aromatic N) is 1. The summed E-state index contributed by atoms with van der Waals surface area (Å²) in [5.74, 6) is -0.653. The van der Waals surface area contributed by atoms with Gasteiger partial charge in [0, 0.05) is 30.6 Å². The van der Waals surface area contributed by atoms with Crippen LogP contribution in [0.5, 0.6) is 0 Å². The maximum Gasteiger partial charge on any atom is 0.416 e. The first-order chi connectivity index (χ1) is 17.8. The van der Waals surface area contributed by atoms with Crippen molar-refractivity contribution < 1.29 is 42.8 Å². The minimum absolute atomic E-state index is 0.0532. The van der Waals surface area contributed by atoms with Crippen LogP contribution < -0.4 is 5.32 Å². The van der Waals surface area contributed by atoms with Crippen molar-refractivity contribution in [2.75, 3.05) is 25.0 Å². The number of amides is 2. The number of ether oxygens (including phenoxy) is 1. The van der Waals surface area contributed by atoms with E-state index in [0.717, 1.165) is 12.1 Å². The van der Waals surface area contributed by atoms with Gasteiger partial charge in [0.2, 0.25) is 5.91 Å². The Morgan fingerprint density at radius 3 is 2.53 bits per heavy atom. The van der Waals surface area contributed by atoms with E-state index in [4.69, 9.17) is 4.74 Å². The van der Waals surface area contributed by atoms with Gasteiger partial charge in [0.15, 0.2) is 0 Å². The van der Waals surface area contributed by atoms with E-state index in [2.05, 4.69) is 5.32 Å². The number of alkyl halides is 3. The first kappa shape index (κ1) is 28.6. The monoisotopic (exact) mass is 542 g/mol. The highest BCUT2D eigenvalue weighted by molar-refractivity contribution is 5.84. The minimum atomic E-state index is -4.55. The Kier molecular flexibility index (Phi) is 8.03. The second-order valence-corrected chi connectivity index (χ2v) is 11.6. The van der Waals surface area contributed by atoms with Crippen LogP contribution in [0.15, 0.2) is 24.3 Å². The molecule has 2 saturated carbocycles. The lowest BCUT2D eigenvalue weighted by molar-refractivity contribution is -0.186. The molecule has 7 atom stereocenters. The van der Waals surface area contributed by atoms with Crippen LogP contribution in [0.25, 0.3) is 0 Å². The van der Waals surface area contributed by atoms with Gasteiger partial charge in [0.05, 0.1) is 24.4 Å². The number of anilines is 1. The molecule has 4 N–H and O–H groups in total. The summed E-state index contributed by atoms with van der Waals surface area (Å²) in [4.78, 5) is 27.4. The van der Waals surface area contributed by atoms with Gasteiger partial charge < -0.3 is 25.0 Å². The number of carbonyl (C=O) groups is 2. The first-order valence-corrected chi connectivity index (χ1v) is 13.2. The molecule has 2 amide bonds. The van der Waals surface area contributed by atoms with Crippen molar-refractivity contribution >= 4 is 17.7 Å². The van der Waals surface area contributed by atoms with Crippen molar-refractivity contribution in [1.82, 2.24) is 4.90 Å². The third-order valence-electron chi connectivity index (χ3n) is 9.27. The third-order valence-corrected chi connectivity index (χ3v) is 9.27. The van der Waals surface area contributed by atoms with E-state index >= 15 is 0 Å². The molecule has 0 spiro atoms. The summed E-state index contributed by atoms with van der Waals surface area (Å²) in [6.07, 6.45) is -4.86. The molecule has 0 unspecified atom stereocenters. The smallest absolute Gasteiger partial charge is 0.416 e. The van der Waals surface area contributed by atoms with Crippen LogP contribution in [0.2, 0.25) is 0 Å². The molecule has 0 radical (unpaired) electrons. The minimum Gasteiger partial charge on any atom is -0.445 e. The lowest BCUT2D eigenvalue weighted by Crippen LogP contribution is -2.61. The summed E-state index contributed by atoms with van der Waals surface area (Å²) in [7, 11) is 0. The Labute approximate surface area is 220 Å². The summed E-state index contributed by atoms with van der Waals surface area (Å²) >= 11 is 0. The molecular formula is C27H37F3N2O6. The molecule has 0 bridgehead atoms. The topological polar surface area (TPSA) is 119 Å². The van der Waals surface area contributed by atoms with Gasteiger partial charge in [-0.15, -0.1) is 0 Å². The van der Waals surface area contributed by atoms with Gasteiger partial charge in [-0.1, -0.05) is 19.9 Å².